The van der Waals surface area contributed by atoms with Gasteiger partial charge >= 0.3 is 11.9 Å². The second-order valence-electron chi connectivity index (χ2n) is 4.59. The Morgan fingerprint density at radius 2 is 1.62 bits per heavy atom. The number of carboxylic acids is 2. The van der Waals surface area contributed by atoms with Crippen molar-refractivity contribution >= 4 is 11.9 Å². The molecule has 1 aliphatic rings. The Labute approximate surface area is 119 Å². The molecule has 6 N–H and O–H groups in total. The molecule has 0 aromatic carbocycles. The summed E-state index contributed by atoms with van der Waals surface area (Å²) >= 11 is 0. The molecule has 1 fully saturated rings. The molecular weight excluding hydrogens is 292 g/mol. The third kappa shape index (κ3) is 4.33. The third-order valence-electron chi connectivity index (χ3n) is 3.13. The predicted octanol–water partition coefficient (Wildman–Crippen LogP) is -3.02. The number of hydrogen-bond acceptors (Lipinski definition) is 8. The highest BCUT2D eigenvalue weighted by molar-refractivity contribution is 5.92. The van der Waals surface area contributed by atoms with Gasteiger partial charge in [-0.15, -0.1) is 0 Å². The molecule has 122 valence electrons. The van der Waals surface area contributed by atoms with Crippen LogP contribution in [-0.4, -0.2) is 86.5 Å². The molecule has 0 aromatic rings. The fourth-order valence-corrected chi connectivity index (χ4v) is 1.86. The van der Waals surface area contributed by atoms with Crippen LogP contribution in [-0.2, 0) is 19.1 Å². The molecule has 0 aliphatic carbocycles. The smallest absolute Gasteiger partial charge is 0.317 e. The quantitative estimate of drug-likeness (QED) is 0.265. The molecule has 21 heavy (non-hydrogen) atoms. The molecule has 0 spiro atoms. The minimum atomic E-state index is -1.67. The van der Waals surface area contributed by atoms with Gasteiger partial charge in [0.1, 0.15) is 24.4 Å². The van der Waals surface area contributed by atoms with E-state index >= 15 is 0 Å². The molecule has 0 saturated carbocycles. The average molecular weight is 310 g/mol. The molecular formula is C11H18O10. The van der Waals surface area contributed by atoms with E-state index in [0.717, 1.165) is 0 Å². The molecule has 0 bridgehead atoms. The monoisotopic (exact) mass is 310 g/mol. The van der Waals surface area contributed by atoms with Crippen LogP contribution in [0.25, 0.3) is 0 Å². The standard InChI is InChI=1S/C11H18O10/c12-3-5-6(13)7(14)8(15)11(21-5)20-2-1-4(9(16)17)10(18)19/h4-8,11-15H,1-3H2,(H,16,17)(H,18,19)/t5-,6+,7+,8-,11+/m1/s1. The number of carboxylic acid groups (broad SMARTS) is 2. The van der Waals surface area contributed by atoms with Gasteiger partial charge in [0.2, 0.25) is 0 Å². The molecule has 10 nitrogen and oxygen atoms in total. The van der Waals surface area contributed by atoms with E-state index in [1.54, 1.807) is 0 Å². The fraction of sp³-hybridized carbons (Fsp3) is 0.818. The molecule has 1 aliphatic heterocycles. The van der Waals surface area contributed by atoms with Crippen molar-refractivity contribution in [2.24, 2.45) is 5.92 Å². The minimum absolute atomic E-state index is 0.369. The van der Waals surface area contributed by atoms with Crippen molar-refractivity contribution < 1.29 is 49.7 Å². The van der Waals surface area contributed by atoms with E-state index in [9.17, 15) is 24.9 Å². The first-order chi connectivity index (χ1) is 9.79. The Kier molecular flexibility index (Phi) is 6.45. The van der Waals surface area contributed by atoms with E-state index in [4.69, 9.17) is 24.8 Å². The summed E-state index contributed by atoms with van der Waals surface area (Å²) in [6, 6.07) is 0. The lowest BCUT2D eigenvalue weighted by Crippen LogP contribution is -2.59. The third-order valence-corrected chi connectivity index (χ3v) is 3.13. The zero-order valence-corrected chi connectivity index (χ0v) is 10.9. The molecule has 1 saturated heterocycles. The second-order valence-corrected chi connectivity index (χ2v) is 4.59. The maximum absolute atomic E-state index is 10.7. The van der Waals surface area contributed by atoms with E-state index in [0.29, 0.717) is 0 Å². The molecule has 0 aromatic heterocycles. The van der Waals surface area contributed by atoms with E-state index in [-0.39, 0.29) is 13.0 Å². The number of hydrogen-bond donors (Lipinski definition) is 6. The summed E-state index contributed by atoms with van der Waals surface area (Å²) in [5.74, 6) is -4.73. The fourth-order valence-electron chi connectivity index (χ4n) is 1.86. The van der Waals surface area contributed by atoms with Crippen molar-refractivity contribution in [3.8, 4) is 0 Å². The molecule has 10 heteroatoms. The first-order valence-electron chi connectivity index (χ1n) is 6.17. The van der Waals surface area contributed by atoms with Gasteiger partial charge in [-0.25, -0.2) is 0 Å². The van der Waals surface area contributed by atoms with E-state index in [2.05, 4.69) is 0 Å². The van der Waals surface area contributed by atoms with Crippen LogP contribution in [0.2, 0.25) is 0 Å². The summed E-state index contributed by atoms with van der Waals surface area (Å²) in [6.45, 7) is -0.996. The normalized spacial score (nSPS) is 33.1. The van der Waals surface area contributed by atoms with Gasteiger partial charge < -0.3 is 40.1 Å². The van der Waals surface area contributed by atoms with Gasteiger partial charge in [0.25, 0.3) is 0 Å². The molecule has 0 radical (unpaired) electrons. The Bertz CT molecular complexity index is 356. The van der Waals surface area contributed by atoms with Crippen molar-refractivity contribution in [2.45, 2.75) is 37.1 Å². The number of rotatable bonds is 7. The number of aliphatic hydroxyl groups excluding tert-OH is 4. The number of ether oxygens (including phenoxy) is 2. The molecule has 0 unspecified atom stereocenters. The van der Waals surface area contributed by atoms with Crippen molar-refractivity contribution in [1.29, 1.82) is 0 Å². The second kappa shape index (κ2) is 7.64. The lowest BCUT2D eigenvalue weighted by Gasteiger charge is -2.39. The summed E-state index contributed by atoms with van der Waals surface area (Å²) in [5.41, 5.74) is 0. The van der Waals surface area contributed by atoms with Crippen LogP contribution in [0, 0.1) is 5.92 Å². The van der Waals surface area contributed by atoms with Crippen LogP contribution >= 0.6 is 0 Å². The van der Waals surface area contributed by atoms with Crippen LogP contribution in [0.1, 0.15) is 6.42 Å². The van der Waals surface area contributed by atoms with Gasteiger partial charge in [0, 0.05) is 0 Å². The van der Waals surface area contributed by atoms with Gasteiger partial charge in [-0.3, -0.25) is 9.59 Å². The Morgan fingerprint density at radius 3 is 2.10 bits per heavy atom. The highest BCUT2D eigenvalue weighted by Gasteiger charge is 2.44. The highest BCUT2D eigenvalue weighted by atomic mass is 16.7. The summed E-state index contributed by atoms with van der Waals surface area (Å²) in [7, 11) is 0. The number of carbonyl (C=O) groups is 2. The maximum Gasteiger partial charge on any atom is 0.317 e. The minimum Gasteiger partial charge on any atom is -0.481 e. The van der Waals surface area contributed by atoms with E-state index in [1.165, 1.54) is 0 Å². The predicted molar refractivity (Wildman–Crippen MR) is 63.1 cm³/mol. The SMILES string of the molecule is O=C(O)C(CCO[C@H]1O[C@H](CO)[C@H](O)[C@H](O)[C@H]1O)C(=O)O. The van der Waals surface area contributed by atoms with E-state index < -0.39 is 55.2 Å². The van der Waals surface area contributed by atoms with Gasteiger partial charge in [-0.2, -0.15) is 0 Å². The van der Waals surface area contributed by atoms with Crippen molar-refractivity contribution in [1.82, 2.24) is 0 Å². The zero-order valence-electron chi connectivity index (χ0n) is 10.9. The van der Waals surface area contributed by atoms with Gasteiger partial charge in [0.05, 0.1) is 13.2 Å². The van der Waals surface area contributed by atoms with Gasteiger partial charge in [-0.1, -0.05) is 0 Å². The Balaban J connectivity index is 2.54. The summed E-state index contributed by atoms with van der Waals surface area (Å²) in [5, 5.41) is 54.9. The molecule has 1 rings (SSSR count). The number of aliphatic carboxylic acids is 2. The first-order valence-corrected chi connectivity index (χ1v) is 6.17. The van der Waals surface area contributed by atoms with Crippen molar-refractivity contribution in [3.05, 3.63) is 0 Å². The molecule has 1 heterocycles. The first kappa shape index (κ1) is 17.8. The van der Waals surface area contributed by atoms with Crippen LogP contribution in [0.4, 0.5) is 0 Å². The van der Waals surface area contributed by atoms with Crippen molar-refractivity contribution in [3.63, 3.8) is 0 Å². The number of aliphatic hydroxyl groups is 4. The average Bonchev–Trinajstić information content (AvgIpc) is 2.42. The van der Waals surface area contributed by atoms with Crippen LogP contribution < -0.4 is 0 Å². The summed E-state index contributed by atoms with van der Waals surface area (Å²) < 4.78 is 10.0. The topological polar surface area (TPSA) is 174 Å². The van der Waals surface area contributed by atoms with Gasteiger partial charge in [0.15, 0.2) is 12.2 Å². The van der Waals surface area contributed by atoms with Gasteiger partial charge in [-0.05, 0) is 6.42 Å². The Morgan fingerprint density at radius 1 is 1.05 bits per heavy atom. The van der Waals surface area contributed by atoms with Crippen molar-refractivity contribution in [2.75, 3.05) is 13.2 Å². The lowest BCUT2D eigenvalue weighted by molar-refractivity contribution is -0.301. The summed E-state index contributed by atoms with van der Waals surface area (Å²) in [4.78, 5) is 21.3. The molecule has 5 atom stereocenters. The van der Waals surface area contributed by atoms with E-state index in [1.807, 2.05) is 0 Å². The van der Waals surface area contributed by atoms with Crippen LogP contribution in [0.5, 0.6) is 0 Å². The highest BCUT2D eigenvalue weighted by Crippen LogP contribution is 2.22. The molecule has 0 amide bonds. The Hall–Kier alpha value is -1.30. The van der Waals surface area contributed by atoms with Crippen LogP contribution in [0.15, 0.2) is 0 Å². The maximum atomic E-state index is 10.7. The van der Waals surface area contributed by atoms with Crippen LogP contribution in [0.3, 0.4) is 0 Å². The lowest BCUT2D eigenvalue weighted by atomic mass is 9.99. The largest absolute Gasteiger partial charge is 0.481 e. The zero-order chi connectivity index (χ0) is 16.2. The summed E-state index contributed by atoms with van der Waals surface area (Å²) in [6.07, 6.45) is -7.70.